The number of carbonyl (C=O) groups excluding carboxylic acids is 1. The number of pyridine rings is 1. The Bertz CT molecular complexity index is 1270. The normalized spacial score (nSPS) is 11.8. The fourth-order valence-corrected chi connectivity index (χ4v) is 5.68. The summed E-state index contributed by atoms with van der Waals surface area (Å²) in [5, 5.41) is 7.58. The van der Waals surface area contributed by atoms with E-state index in [-0.39, 0.29) is 11.4 Å². The highest BCUT2D eigenvalue weighted by Crippen LogP contribution is 2.33. The van der Waals surface area contributed by atoms with Crippen LogP contribution in [0.2, 0.25) is 0 Å². The Morgan fingerprint density at radius 3 is 2.09 bits per heavy atom. The number of carbonyl (C=O) groups is 1. The molecule has 2 heterocycles. The Hall–Kier alpha value is -2.87. The van der Waals surface area contributed by atoms with Crippen LogP contribution in [0, 0.1) is 0 Å². The number of ether oxygens (including phenoxy) is 2. The van der Waals surface area contributed by atoms with Gasteiger partial charge in [0.15, 0.2) is 5.82 Å². The van der Waals surface area contributed by atoms with Crippen molar-refractivity contribution in [3.05, 3.63) is 24.3 Å². The maximum absolute atomic E-state index is 12.3. The highest BCUT2D eigenvalue weighted by Gasteiger charge is 2.22. The Balaban J connectivity index is 1.38. The van der Waals surface area contributed by atoms with Gasteiger partial charge in [0.25, 0.3) is 6.01 Å². The van der Waals surface area contributed by atoms with Crippen molar-refractivity contribution in [3.63, 3.8) is 0 Å². The number of hydrogen-bond acceptors (Lipinski definition) is 6. The summed E-state index contributed by atoms with van der Waals surface area (Å²) in [5.41, 5.74) is 2.53. The van der Waals surface area contributed by atoms with E-state index >= 15 is 0 Å². The molecule has 45 heavy (non-hydrogen) atoms. The van der Waals surface area contributed by atoms with Crippen molar-refractivity contribution in [2.75, 3.05) is 31.7 Å². The molecule has 0 fully saturated rings. The molecule has 0 saturated carbocycles. The minimum absolute atomic E-state index is 0.121. The number of nitrogens with zero attached hydrogens (tertiary/aromatic N) is 3. The first-order chi connectivity index (χ1) is 21.8. The molecule has 0 radical (unpaired) electrons. The van der Waals surface area contributed by atoms with Crippen LogP contribution in [0.25, 0.3) is 21.9 Å². The molecule has 2 aromatic heterocycles. The van der Waals surface area contributed by atoms with Gasteiger partial charge in [-0.15, -0.1) is 0 Å². The molecule has 2 N–H and O–H groups in total. The lowest BCUT2D eigenvalue weighted by atomic mass is 10.0. The molecule has 8 heteroatoms. The number of fused-ring (bicyclic) bond motifs is 3. The van der Waals surface area contributed by atoms with Crippen LogP contribution in [0.5, 0.6) is 6.01 Å². The predicted molar refractivity (Wildman–Crippen MR) is 188 cm³/mol. The van der Waals surface area contributed by atoms with E-state index in [9.17, 15) is 4.79 Å². The van der Waals surface area contributed by atoms with E-state index in [4.69, 9.17) is 19.4 Å². The fourth-order valence-electron chi connectivity index (χ4n) is 5.68. The van der Waals surface area contributed by atoms with Crippen molar-refractivity contribution in [1.82, 2.24) is 19.9 Å². The van der Waals surface area contributed by atoms with Crippen LogP contribution in [-0.4, -0.2) is 52.3 Å². The number of anilines is 1. The van der Waals surface area contributed by atoms with Crippen molar-refractivity contribution in [1.29, 1.82) is 0 Å². The molecule has 1 aromatic carbocycles. The predicted octanol–water partition coefficient (Wildman–Crippen LogP) is 9.20. The summed E-state index contributed by atoms with van der Waals surface area (Å²) in [4.78, 5) is 22.1. The molecule has 0 unspecified atom stereocenters. The fraction of sp³-hybridized carbons (Fsp3) is 0.703. The van der Waals surface area contributed by atoms with Gasteiger partial charge >= 0.3 is 0 Å². The van der Waals surface area contributed by atoms with E-state index in [1.54, 1.807) is 0 Å². The average Bonchev–Trinajstić information content (AvgIpc) is 3.38. The third-order valence-electron chi connectivity index (χ3n) is 8.01. The topological polar surface area (TPSA) is 90.3 Å². The molecular weight excluding hydrogens is 562 g/mol. The number of aromatic nitrogens is 3. The number of benzene rings is 1. The summed E-state index contributed by atoms with van der Waals surface area (Å²) in [5.74, 6) is 0.874. The van der Waals surface area contributed by atoms with Gasteiger partial charge in [0.05, 0.1) is 37.4 Å². The summed E-state index contributed by atoms with van der Waals surface area (Å²) in [6.07, 6.45) is 18.5. The van der Waals surface area contributed by atoms with Crippen molar-refractivity contribution in [2.24, 2.45) is 0 Å². The van der Waals surface area contributed by atoms with E-state index < -0.39 is 0 Å². The van der Waals surface area contributed by atoms with Crippen LogP contribution >= 0.6 is 0 Å². The van der Waals surface area contributed by atoms with Crippen molar-refractivity contribution in [2.45, 2.75) is 143 Å². The molecule has 0 bridgehead atoms. The maximum Gasteiger partial charge on any atom is 0.297 e. The number of para-hydroxylation sites is 1. The first-order valence-corrected chi connectivity index (χ1v) is 17.9. The third-order valence-corrected chi connectivity index (χ3v) is 8.01. The van der Waals surface area contributed by atoms with Gasteiger partial charge in [-0.25, -0.2) is 4.98 Å². The molecule has 0 atom stereocenters. The number of hydrogen-bond donors (Lipinski definition) is 2. The summed E-state index contributed by atoms with van der Waals surface area (Å²) >= 11 is 0. The van der Waals surface area contributed by atoms with Gasteiger partial charge in [-0.2, -0.15) is 4.98 Å². The highest BCUT2D eigenvalue weighted by atomic mass is 16.5. The summed E-state index contributed by atoms with van der Waals surface area (Å²) < 4.78 is 14.2. The summed E-state index contributed by atoms with van der Waals surface area (Å²) in [6.45, 7) is 13.4. The number of nitrogens with one attached hydrogen (secondary N) is 2. The molecule has 0 aliphatic heterocycles. The van der Waals surface area contributed by atoms with Gasteiger partial charge in [0, 0.05) is 23.9 Å². The first kappa shape index (κ1) is 36.6. The molecular formula is C37H61N5O3. The first-order valence-electron chi connectivity index (χ1n) is 17.9. The van der Waals surface area contributed by atoms with E-state index in [1.807, 2.05) is 18.2 Å². The Kier molecular flexibility index (Phi) is 16.5. The molecule has 252 valence electrons. The maximum atomic E-state index is 12.3. The molecule has 3 aromatic rings. The van der Waals surface area contributed by atoms with Crippen LogP contribution < -0.4 is 15.4 Å². The third kappa shape index (κ3) is 13.2. The number of rotatable bonds is 24. The molecule has 0 saturated heterocycles. The monoisotopic (exact) mass is 623 g/mol. The second-order valence-electron chi connectivity index (χ2n) is 13.4. The number of unbranched alkanes of at least 4 members (excludes halogenated alkanes) is 12. The van der Waals surface area contributed by atoms with Gasteiger partial charge in [0.1, 0.15) is 5.52 Å². The van der Waals surface area contributed by atoms with E-state index in [1.165, 1.54) is 70.6 Å². The van der Waals surface area contributed by atoms with Crippen molar-refractivity contribution >= 4 is 33.7 Å². The lowest BCUT2D eigenvalue weighted by Crippen LogP contribution is -2.27. The smallest absolute Gasteiger partial charge is 0.297 e. The van der Waals surface area contributed by atoms with Crippen LogP contribution in [-0.2, 0) is 16.1 Å². The average molecular weight is 624 g/mol. The second-order valence-corrected chi connectivity index (χ2v) is 13.4. The number of amides is 1. The van der Waals surface area contributed by atoms with Crippen LogP contribution in [0.3, 0.4) is 0 Å². The van der Waals surface area contributed by atoms with Gasteiger partial charge in [-0.3, -0.25) is 9.36 Å². The van der Waals surface area contributed by atoms with Crippen LogP contribution in [0.15, 0.2) is 24.3 Å². The quantitative estimate of drug-likeness (QED) is 0.0967. The second kappa shape index (κ2) is 20.3. The lowest BCUT2D eigenvalue weighted by molar-refractivity contribution is -0.121. The van der Waals surface area contributed by atoms with Crippen molar-refractivity contribution in [3.8, 4) is 6.01 Å². The van der Waals surface area contributed by atoms with Gasteiger partial charge in [0.2, 0.25) is 5.91 Å². The molecule has 0 aliphatic rings. The van der Waals surface area contributed by atoms with E-state index in [0.717, 1.165) is 47.0 Å². The minimum Gasteiger partial charge on any atom is -0.465 e. The largest absolute Gasteiger partial charge is 0.465 e. The highest BCUT2D eigenvalue weighted by molar-refractivity contribution is 6.07. The van der Waals surface area contributed by atoms with Crippen LogP contribution in [0.4, 0.5) is 5.82 Å². The number of imidazole rings is 1. The molecule has 0 aliphatic carbocycles. The molecule has 1 amide bonds. The Morgan fingerprint density at radius 1 is 0.800 bits per heavy atom. The zero-order chi connectivity index (χ0) is 32.3. The van der Waals surface area contributed by atoms with Gasteiger partial charge in [-0.1, -0.05) is 109 Å². The lowest BCUT2D eigenvalue weighted by Gasteiger charge is -2.22. The van der Waals surface area contributed by atoms with Gasteiger partial charge in [-0.05, 0) is 39.7 Å². The molecule has 8 nitrogen and oxygen atoms in total. The molecule has 0 spiro atoms. The zero-order valence-electron chi connectivity index (χ0n) is 29.0. The van der Waals surface area contributed by atoms with Crippen molar-refractivity contribution < 1.29 is 14.3 Å². The van der Waals surface area contributed by atoms with Gasteiger partial charge < -0.3 is 20.1 Å². The Morgan fingerprint density at radius 2 is 1.44 bits per heavy atom. The Labute approximate surface area is 272 Å². The standard InChI is InChI=1S/C37H61N5O3/c1-6-8-9-10-11-12-13-14-15-16-17-18-19-24-32(43)38-25-28-44-29-26-42-34-30-22-20-21-23-31(30)39-35(41-37(3,4)5)33(34)40-36(42)45-27-7-2/h20-23H,6-19,24-29H2,1-5H3,(H,38,43)(H,39,41). The minimum atomic E-state index is -0.170. The summed E-state index contributed by atoms with van der Waals surface area (Å²) in [7, 11) is 0. The van der Waals surface area contributed by atoms with Crippen LogP contribution in [0.1, 0.15) is 131 Å². The summed E-state index contributed by atoms with van der Waals surface area (Å²) in [6, 6.07) is 8.73. The zero-order valence-corrected chi connectivity index (χ0v) is 29.0. The van der Waals surface area contributed by atoms with E-state index in [2.05, 4.69) is 55.9 Å². The SMILES string of the molecule is CCCCCCCCCCCCCCCC(=O)NCCOCCn1c(OCCC)nc2c(NC(C)(C)C)nc3ccccc3c21. The molecule has 3 rings (SSSR count). The van der Waals surface area contributed by atoms with E-state index in [0.29, 0.717) is 45.3 Å².